The van der Waals surface area contributed by atoms with Crippen molar-refractivity contribution >= 4 is 29.2 Å². The molecule has 0 aliphatic carbocycles. The lowest BCUT2D eigenvalue weighted by atomic mass is 10.1. The summed E-state index contributed by atoms with van der Waals surface area (Å²) >= 11 is 6.41. The normalized spacial score (nSPS) is 14.0. The molecule has 0 saturated carbocycles. The number of carbonyl (C=O) groups excluding carboxylic acids is 1. The van der Waals surface area contributed by atoms with Gasteiger partial charge < -0.3 is 10.4 Å². The first-order chi connectivity index (χ1) is 17.0. The summed E-state index contributed by atoms with van der Waals surface area (Å²) in [6.07, 6.45) is 3.84. The molecule has 1 aliphatic rings. The summed E-state index contributed by atoms with van der Waals surface area (Å²) in [6, 6.07) is 9.12. The van der Waals surface area contributed by atoms with Gasteiger partial charge in [0.2, 0.25) is 0 Å². The molecule has 2 N–H and O–H groups in total. The molecule has 36 heavy (non-hydrogen) atoms. The van der Waals surface area contributed by atoms with Gasteiger partial charge >= 0.3 is 12.1 Å². The van der Waals surface area contributed by atoms with Crippen LogP contribution in [0.2, 0.25) is 5.02 Å². The fourth-order valence-electron chi connectivity index (χ4n) is 3.65. The second kappa shape index (κ2) is 12.0. The molecule has 0 atom stereocenters. The van der Waals surface area contributed by atoms with E-state index in [-0.39, 0.29) is 5.91 Å². The predicted molar refractivity (Wildman–Crippen MR) is 128 cm³/mol. The Balaban J connectivity index is 0.000000454. The number of hydrogen-bond acceptors (Lipinski definition) is 5. The van der Waals surface area contributed by atoms with Crippen LogP contribution in [0.25, 0.3) is 5.82 Å². The number of benzene rings is 1. The maximum Gasteiger partial charge on any atom is 0.490 e. The molecule has 4 rings (SSSR count). The number of alkyl halides is 3. The summed E-state index contributed by atoms with van der Waals surface area (Å²) in [5.74, 6) is -1.46. The SMILES string of the molecule is Cc1nccn1-c1cc(C(=O)Nc2ccc(Cl)c(CN3CCCCC3)c2)ccn1.O=C(O)C(F)(F)F. The molecule has 1 aliphatic heterocycles. The quantitative estimate of drug-likeness (QED) is 0.482. The van der Waals surface area contributed by atoms with Gasteiger partial charge in [0.1, 0.15) is 11.6 Å². The molecular formula is C24H25ClF3N5O3. The highest BCUT2D eigenvalue weighted by molar-refractivity contribution is 6.31. The molecule has 3 heterocycles. The van der Waals surface area contributed by atoms with E-state index in [0.717, 1.165) is 41.7 Å². The van der Waals surface area contributed by atoms with Gasteiger partial charge in [-0.2, -0.15) is 13.2 Å². The Hall–Kier alpha value is -3.44. The molecule has 192 valence electrons. The van der Waals surface area contributed by atoms with Gasteiger partial charge in [-0.25, -0.2) is 14.8 Å². The van der Waals surface area contributed by atoms with Gasteiger partial charge in [0.15, 0.2) is 0 Å². The van der Waals surface area contributed by atoms with E-state index in [4.69, 9.17) is 21.5 Å². The fourth-order valence-corrected chi connectivity index (χ4v) is 3.82. The number of pyridine rings is 1. The zero-order chi connectivity index (χ0) is 26.3. The number of carbonyl (C=O) groups is 2. The number of piperidine rings is 1. The van der Waals surface area contributed by atoms with E-state index < -0.39 is 12.1 Å². The maximum atomic E-state index is 12.8. The summed E-state index contributed by atoms with van der Waals surface area (Å²) < 4.78 is 33.6. The second-order valence-electron chi connectivity index (χ2n) is 8.15. The van der Waals surface area contributed by atoms with E-state index in [1.807, 2.05) is 35.9 Å². The monoisotopic (exact) mass is 523 g/mol. The Kier molecular flexibility index (Phi) is 9.05. The summed E-state index contributed by atoms with van der Waals surface area (Å²) in [5, 5.41) is 10.8. The van der Waals surface area contributed by atoms with Crippen molar-refractivity contribution in [2.75, 3.05) is 18.4 Å². The van der Waals surface area contributed by atoms with Crippen LogP contribution in [0.3, 0.4) is 0 Å². The van der Waals surface area contributed by atoms with Crippen molar-refractivity contribution < 1.29 is 27.9 Å². The number of aromatic nitrogens is 3. The van der Waals surface area contributed by atoms with Crippen LogP contribution >= 0.6 is 11.6 Å². The van der Waals surface area contributed by atoms with E-state index in [1.165, 1.54) is 19.3 Å². The van der Waals surface area contributed by atoms with Gasteiger partial charge in [0.05, 0.1) is 0 Å². The minimum Gasteiger partial charge on any atom is -0.475 e. The second-order valence-corrected chi connectivity index (χ2v) is 8.55. The maximum absolute atomic E-state index is 12.8. The molecule has 2 aromatic heterocycles. The number of likely N-dealkylation sites (tertiary alicyclic amines) is 1. The lowest BCUT2D eigenvalue weighted by Crippen LogP contribution is -2.29. The van der Waals surface area contributed by atoms with Crippen LogP contribution in [0.15, 0.2) is 48.9 Å². The van der Waals surface area contributed by atoms with Gasteiger partial charge in [-0.05, 0) is 68.8 Å². The number of amides is 1. The molecule has 0 radical (unpaired) electrons. The average molecular weight is 524 g/mol. The minimum absolute atomic E-state index is 0.183. The van der Waals surface area contributed by atoms with Crippen molar-refractivity contribution in [3.63, 3.8) is 0 Å². The molecule has 1 fully saturated rings. The average Bonchev–Trinajstić information content (AvgIpc) is 3.27. The Morgan fingerprint density at radius 2 is 1.78 bits per heavy atom. The number of hydrogen-bond donors (Lipinski definition) is 2. The van der Waals surface area contributed by atoms with E-state index in [2.05, 4.69) is 20.2 Å². The van der Waals surface area contributed by atoms with Crippen molar-refractivity contribution in [1.29, 1.82) is 0 Å². The van der Waals surface area contributed by atoms with Crippen LogP contribution in [-0.4, -0.2) is 55.7 Å². The third-order valence-corrected chi connectivity index (χ3v) is 5.84. The molecule has 1 aromatic carbocycles. The van der Waals surface area contributed by atoms with E-state index >= 15 is 0 Å². The van der Waals surface area contributed by atoms with Gasteiger partial charge in [-0.3, -0.25) is 14.3 Å². The van der Waals surface area contributed by atoms with E-state index in [9.17, 15) is 18.0 Å². The standard InChI is InChI=1S/C22H24ClN5O.C2HF3O2/c1-16-24-9-12-28(16)21-14-17(7-8-25-21)22(29)26-19-5-6-20(23)18(13-19)15-27-10-3-2-4-11-27;3-2(4,5)1(6)7/h5-9,12-14H,2-4,10-11,15H2,1H3,(H,26,29);(H,6,7). The number of rotatable bonds is 5. The zero-order valence-corrected chi connectivity index (χ0v) is 20.2. The van der Waals surface area contributed by atoms with Crippen LogP contribution in [0, 0.1) is 6.92 Å². The van der Waals surface area contributed by atoms with Crippen LogP contribution < -0.4 is 5.32 Å². The lowest BCUT2D eigenvalue weighted by Gasteiger charge is -2.27. The van der Waals surface area contributed by atoms with Crippen molar-refractivity contribution in [3.05, 3.63) is 70.9 Å². The molecule has 8 nitrogen and oxygen atoms in total. The lowest BCUT2D eigenvalue weighted by molar-refractivity contribution is -0.192. The summed E-state index contributed by atoms with van der Waals surface area (Å²) in [4.78, 5) is 32.7. The van der Waals surface area contributed by atoms with Gasteiger partial charge in [0.25, 0.3) is 5.91 Å². The number of imidazole rings is 1. The van der Waals surface area contributed by atoms with Crippen molar-refractivity contribution in [3.8, 4) is 5.82 Å². The molecule has 1 amide bonds. The Labute approximate surface area is 210 Å². The smallest absolute Gasteiger partial charge is 0.475 e. The minimum atomic E-state index is -5.08. The topological polar surface area (TPSA) is 100 Å². The van der Waals surface area contributed by atoms with Crippen LogP contribution in [-0.2, 0) is 11.3 Å². The molecule has 3 aromatic rings. The Morgan fingerprint density at radius 3 is 2.39 bits per heavy atom. The third-order valence-electron chi connectivity index (χ3n) is 5.47. The molecule has 0 bridgehead atoms. The number of halogens is 4. The highest BCUT2D eigenvalue weighted by Gasteiger charge is 2.38. The van der Waals surface area contributed by atoms with Gasteiger partial charge in [0, 0.05) is 41.4 Å². The molecule has 0 unspecified atom stereocenters. The first-order valence-electron chi connectivity index (χ1n) is 11.1. The van der Waals surface area contributed by atoms with E-state index in [1.54, 1.807) is 24.5 Å². The molecule has 0 spiro atoms. The van der Waals surface area contributed by atoms with Crippen molar-refractivity contribution in [2.45, 2.75) is 38.9 Å². The Bertz CT molecular complexity index is 1210. The van der Waals surface area contributed by atoms with Crippen LogP contribution in [0.4, 0.5) is 18.9 Å². The predicted octanol–water partition coefficient (Wildman–Crippen LogP) is 5.10. The summed E-state index contributed by atoms with van der Waals surface area (Å²) in [5.41, 5.74) is 2.31. The number of carboxylic acid groups (broad SMARTS) is 1. The zero-order valence-electron chi connectivity index (χ0n) is 19.4. The van der Waals surface area contributed by atoms with Crippen LogP contribution in [0.5, 0.6) is 0 Å². The number of nitrogens with one attached hydrogen (secondary N) is 1. The number of aryl methyl sites for hydroxylation is 1. The molecule has 1 saturated heterocycles. The number of aliphatic carboxylic acids is 1. The first kappa shape index (κ1) is 27.2. The molecular weight excluding hydrogens is 499 g/mol. The highest BCUT2D eigenvalue weighted by atomic mass is 35.5. The third kappa shape index (κ3) is 7.53. The summed E-state index contributed by atoms with van der Waals surface area (Å²) in [7, 11) is 0. The van der Waals surface area contributed by atoms with E-state index in [0.29, 0.717) is 11.4 Å². The van der Waals surface area contributed by atoms with Crippen molar-refractivity contribution in [2.24, 2.45) is 0 Å². The number of carboxylic acids is 1. The molecule has 12 heteroatoms. The number of nitrogens with zero attached hydrogens (tertiary/aromatic N) is 4. The van der Waals surface area contributed by atoms with Crippen LogP contribution in [0.1, 0.15) is 41.0 Å². The van der Waals surface area contributed by atoms with Gasteiger partial charge in [-0.15, -0.1) is 0 Å². The van der Waals surface area contributed by atoms with Crippen molar-refractivity contribution in [1.82, 2.24) is 19.4 Å². The largest absolute Gasteiger partial charge is 0.490 e. The highest BCUT2D eigenvalue weighted by Crippen LogP contribution is 2.24. The number of anilines is 1. The first-order valence-corrected chi connectivity index (χ1v) is 11.5. The Morgan fingerprint density at radius 1 is 1.08 bits per heavy atom. The van der Waals surface area contributed by atoms with Gasteiger partial charge in [-0.1, -0.05) is 18.0 Å². The summed E-state index contributed by atoms with van der Waals surface area (Å²) in [6.45, 7) is 4.90. The fraction of sp³-hybridized carbons (Fsp3) is 0.333.